The van der Waals surface area contributed by atoms with Gasteiger partial charge in [0, 0.05) is 12.4 Å². The smallest absolute Gasteiger partial charge is 0.542 e. The summed E-state index contributed by atoms with van der Waals surface area (Å²) in [7, 11) is -3.13. The fourth-order valence-electron chi connectivity index (χ4n) is 0.584. The van der Waals surface area contributed by atoms with Crippen molar-refractivity contribution in [3.8, 4) is 0 Å². The van der Waals surface area contributed by atoms with Crippen molar-refractivity contribution in [1.82, 2.24) is 0 Å². The van der Waals surface area contributed by atoms with Crippen LogP contribution in [-0.4, -0.2) is 37.9 Å². The number of hydrogen-bond donors (Lipinski definition) is 1. The zero-order valence-corrected chi connectivity index (χ0v) is 12.1. The first-order valence-electron chi connectivity index (χ1n) is 3.28. The fourth-order valence-corrected chi connectivity index (χ4v) is 1.75. The van der Waals surface area contributed by atoms with E-state index < -0.39 is 9.84 Å². The third-order valence-corrected chi connectivity index (χ3v) is 2.87. The van der Waals surface area contributed by atoms with E-state index in [-0.39, 0.29) is 89.8 Å². The summed E-state index contributed by atoms with van der Waals surface area (Å²) in [5, 5.41) is 8.31. The van der Waals surface area contributed by atoms with Crippen LogP contribution in [0.15, 0.2) is 0 Å². The van der Waals surface area contributed by atoms with Crippen LogP contribution in [0, 0.1) is 7.43 Å². The third-order valence-electron chi connectivity index (χ3n) is 1.13. The van der Waals surface area contributed by atoms with Crippen LogP contribution >= 0.6 is 0 Å². The van der Waals surface area contributed by atoms with Gasteiger partial charge >= 0.3 is 51.4 Å². The molecule has 74 valence electrons. The van der Waals surface area contributed by atoms with E-state index in [9.17, 15) is 13.2 Å². The maximum absolute atomic E-state index is 10.9. The Hall–Kier alpha value is 1.22. The van der Waals surface area contributed by atoms with Gasteiger partial charge in [0.25, 0.3) is 0 Å². The number of sulfone groups is 1. The summed E-state index contributed by atoms with van der Waals surface area (Å²) in [6.07, 6.45) is 1.67. The second-order valence-corrected chi connectivity index (χ2v) is 4.43. The van der Waals surface area contributed by atoms with Crippen LogP contribution in [0.3, 0.4) is 0 Å². The minimum Gasteiger partial charge on any atom is -0.542 e. The number of aliphatic hydroxyl groups excluding tert-OH is 1. The Morgan fingerprint density at radius 1 is 1.23 bits per heavy atom. The van der Waals surface area contributed by atoms with Gasteiger partial charge in [-0.15, -0.1) is 6.42 Å². The molecule has 1 N–H and O–H groups in total. The summed E-state index contributed by atoms with van der Waals surface area (Å²) in [6.45, 7) is -0.135. The van der Waals surface area contributed by atoms with Gasteiger partial charge in [-0.1, -0.05) is 0 Å². The molecule has 0 unspecified atom stereocenters. The molecule has 0 aromatic carbocycles. The van der Waals surface area contributed by atoms with E-state index in [1.165, 1.54) is 6.29 Å². The molecule has 0 rings (SSSR count). The van der Waals surface area contributed by atoms with E-state index in [2.05, 4.69) is 0 Å². The summed E-state index contributed by atoms with van der Waals surface area (Å²) >= 11 is 0. The molecule has 0 aliphatic carbocycles. The van der Waals surface area contributed by atoms with Crippen molar-refractivity contribution >= 4 is 16.1 Å². The zero-order chi connectivity index (χ0) is 8.74. The maximum atomic E-state index is 10.9. The summed E-state index contributed by atoms with van der Waals surface area (Å²) in [4.78, 5) is 9.69. The van der Waals surface area contributed by atoms with Gasteiger partial charge in [0.15, 0.2) is 0 Å². The van der Waals surface area contributed by atoms with E-state index in [0.717, 1.165) is 0 Å². The van der Waals surface area contributed by atoms with Crippen molar-refractivity contribution in [1.29, 1.82) is 0 Å². The van der Waals surface area contributed by atoms with Gasteiger partial charge in [0.1, 0.15) is 9.84 Å². The van der Waals surface area contributed by atoms with Crippen LogP contribution in [0.4, 0.5) is 0 Å². The molecule has 0 saturated carbocycles. The number of rotatable bonds is 6. The Morgan fingerprint density at radius 3 is 2.15 bits per heavy atom. The molecule has 0 fully saturated rings. The standard InChI is InChI=1S/C6H11O4S.CH3.K/c7-3-1-5-11(9,10)6-2-4-8;;/h7H,1-3,5-6H2;1H3;/q2*-1;+1. The molecule has 0 aliphatic rings. The fraction of sp³-hybridized carbons (Fsp3) is 0.714. The molecule has 0 saturated heterocycles. The molecular formula is C7H14KO4S-. The van der Waals surface area contributed by atoms with Crippen LogP contribution in [0.1, 0.15) is 12.8 Å². The van der Waals surface area contributed by atoms with Gasteiger partial charge in [0.2, 0.25) is 0 Å². The van der Waals surface area contributed by atoms with Crippen molar-refractivity contribution in [2.45, 2.75) is 12.8 Å². The van der Waals surface area contributed by atoms with Crippen LogP contribution in [0.5, 0.6) is 0 Å². The molecule has 0 bridgehead atoms. The molecule has 0 spiro atoms. The monoisotopic (exact) mass is 233 g/mol. The van der Waals surface area contributed by atoms with Crippen molar-refractivity contribution in [3.05, 3.63) is 7.43 Å². The van der Waals surface area contributed by atoms with Gasteiger partial charge in [-0.3, -0.25) is 6.29 Å². The number of carbonyl (C=O) groups excluding carboxylic acids is 1. The van der Waals surface area contributed by atoms with Crippen molar-refractivity contribution in [3.63, 3.8) is 0 Å². The predicted molar refractivity (Wildman–Crippen MR) is 47.1 cm³/mol. The quantitative estimate of drug-likeness (QED) is 0.386. The molecule has 0 amide bonds. The van der Waals surface area contributed by atoms with E-state index in [4.69, 9.17) is 5.11 Å². The first-order valence-corrected chi connectivity index (χ1v) is 5.11. The molecule has 0 aromatic heterocycles. The van der Waals surface area contributed by atoms with Gasteiger partial charge in [-0.25, -0.2) is 8.42 Å². The Bertz CT molecular complexity index is 201. The molecule has 0 atom stereocenters. The average Bonchev–Trinajstić information content (AvgIpc) is 1.97. The summed E-state index contributed by atoms with van der Waals surface area (Å²) < 4.78 is 21.7. The molecule has 0 aliphatic heterocycles. The zero-order valence-electron chi connectivity index (χ0n) is 8.12. The summed E-state index contributed by atoms with van der Waals surface area (Å²) in [5.74, 6) is -0.207. The van der Waals surface area contributed by atoms with Crippen molar-refractivity contribution in [2.24, 2.45) is 0 Å². The Balaban J connectivity index is -0.000000500. The number of hydrogen-bond acceptors (Lipinski definition) is 4. The normalized spacial score (nSPS) is 9.62. The van der Waals surface area contributed by atoms with Crippen molar-refractivity contribution < 1.29 is 69.7 Å². The topological polar surface area (TPSA) is 71.4 Å². The summed E-state index contributed by atoms with van der Waals surface area (Å²) in [6, 6.07) is 0. The van der Waals surface area contributed by atoms with Gasteiger partial charge in [0.05, 0.1) is 5.75 Å². The maximum Gasteiger partial charge on any atom is 1.00 e. The Kier molecular flexibility index (Phi) is 17.1. The average molecular weight is 233 g/mol. The SMILES string of the molecule is O=[C-]CCS(=O)(=O)CCCO.[CH3-].[K+]. The van der Waals surface area contributed by atoms with Gasteiger partial charge in [-0.2, -0.15) is 0 Å². The predicted octanol–water partition coefficient (Wildman–Crippen LogP) is -3.26. The van der Waals surface area contributed by atoms with E-state index in [1.54, 1.807) is 0 Å². The molecule has 0 radical (unpaired) electrons. The van der Waals surface area contributed by atoms with Gasteiger partial charge < -0.3 is 17.3 Å². The van der Waals surface area contributed by atoms with Crippen LogP contribution < -0.4 is 51.4 Å². The molecule has 4 nitrogen and oxygen atoms in total. The second-order valence-electron chi connectivity index (χ2n) is 2.12. The minimum atomic E-state index is -3.13. The van der Waals surface area contributed by atoms with Crippen LogP contribution in [0.25, 0.3) is 0 Å². The molecule has 13 heavy (non-hydrogen) atoms. The number of aliphatic hydroxyl groups is 1. The Morgan fingerprint density at radius 2 is 1.77 bits per heavy atom. The van der Waals surface area contributed by atoms with E-state index in [0.29, 0.717) is 0 Å². The largest absolute Gasteiger partial charge is 1.00 e. The van der Waals surface area contributed by atoms with E-state index in [1.807, 2.05) is 0 Å². The van der Waals surface area contributed by atoms with Crippen molar-refractivity contribution in [2.75, 3.05) is 18.1 Å². The molecule has 6 heteroatoms. The third kappa shape index (κ3) is 13.2. The minimum absolute atomic E-state index is 0. The second kappa shape index (κ2) is 11.3. The van der Waals surface area contributed by atoms with E-state index >= 15 is 0 Å². The Labute approximate surface area is 122 Å². The first-order chi connectivity index (χ1) is 5.12. The van der Waals surface area contributed by atoms with Crippen LogP contribution in [-0.2, 0) is 14.6 Å². The molecule has 0 heterocycles. The molecule has 0 aromatic rings. The summed E-state index contributed by atoms with van der Waals surface area (Å²) in [5.41, 5.74) is 0. The van der Waals surface area contributed by atoms with Crippen LogP contribution in [0.2, 0.25) is 0 Å². The van der Waals surface area contributed by atoms with Gasteiger partial charge in [-0.05, 0) is 6.42 Å². The first kappa shape index (κ1) is 19.7. The molecular weight excluding hydrogens is 219 g/mol.